The summed E-state index contributed by atoms with van der Waals surface area (Å²) in [5.74, 6) is 0.115. The van der Waals surface area contributed by atoms with Crippen LogP contribution in [0.3, 0.4) is 0 Å². The highest BCUT2D eigenvalue weighted by molar-refractivity contribution is 6.36. The number of carbonyl (C=O) groups excluding carboxylic acids is 1. The topological polar surface area (TPSA) is 41.5 Å². The standard InChI is InChI=1S/C12H12Cl2N2O/c1-7(15-16-12(17)8-2-3-8)10-6-9(13)4-5-11(10)14/h4-6,8H,2-3H2,1H3,(H,16,17)/b15-7-. The van der Waals surface area contributed by atoms with Crippen molar-refractivity contribution in [3.05, 3.63) is 33.8 Å². The predicted octanol–water partition coefficient (Wildman–Crippen LogP) is 3.24. The molecular formula is C12H12Cl2N2O. The summed E-state index contributed by atoms with van der Waals surface area (Å²) in [5.41, 5.74) is 3.91. The Bertz CT molecular complexity index is 481. The maximum absolute atomic E-state index is 11.4. The number of halogens is 2. The van der Waals surface area contributed by atoms with E-state index in [1.54, 1.807) is 25.1 Å². The van der Waals surface area contributed by atoms with Crippen LogP contribution in [-0.2, 0) is 4.79 Å². The smallest absolute Gasteiger partial charge is 0.243 e. The Labute approximate surface area is 110 Å². The van der Waals surface area contributed by atoms with Gasteiger partial charge in [-0.3, -0.25) is 4.79 Å². The Hall–Kier alpha value is -1.06. The van der Waals surface area contributed by atoms with Crippen LogP contribution < -0.4 is 5.43 Å². The third-order valence-corrected chi connectivity index (χ3v) is 3.16. The van der Waals surface area contributed by atoms with E-state index in [0.29, 0.717) is 15.8 Å². The third-order valence-electron chi connectivity index (χ3n) is 2.60. The SMILES string of the molecule is C/C(=N/NC(=O)C1CC1)c1cc(Cl)ccc1Cl. The van der Waals surface area contributed by atoms with Crippen LogP contribution in [-0.4, -0.2) is 11.6 Å². The number of hydrogen-bond donors (Lipinski definition) is 1. The van der Waals surface area contributed by atoms with E-state index in [9.17, 15) is 4.79 Å². The van der Waals surface area contributed by atoms with Crippen LogP contribution >= 0.6 is 23.2 Å². The Morgan fingerprint density at radius 1 is 1.41 bits per heavy atom. The van der Waals surface area contributed by atoms with Crippen LogP contribution in [0, 0.1) is 5.92 Å². The van der Waals surface area contributed by atoms with Crippen LogP contribution in [0.25, 0.3) is 0 Å². The summed E-state index contributed by atoms with van der Waals surface area (Å²) >= 11 is 11.9. The molecular weight excluding hydrogens is 259 g/mol. The lowest BCUT2D eigenvalue weighted by atomic mass is 10.1. The van der Waals surface area contributed by atoms with Crippen molar-refractivity contribution >= 4 is 34.8 Å². The number of rotatable bonds is 3. The molecule has 2 rings (SSSR count). The highest BCUT2D eigenvalue weighted by Gasteiger charge is 2.29. The minimum Gasteiger partial charge on any atom is -0.273 e. The maximum atomic E-state index is 11.4. The molecule has 0 spiro atoms. The molecule has 0 heterocycles. The van der Waals surface area contributed by atoms with Crippen molar-refractivity contribution in [2.75, 3.05) is 0 Å². The summed E-state index contributed by atoms with van der Waals surface area (Å²) in [6, 6.07) is 5.15. The molecule has 5 heteroatoms. The second-order valence-electron chi connectivity index (χ2n) is 4.07. The van der Waals surface area contributed by atoms with Crippen LogP contribution in [0.15, 0.2) is 23.3 Å². The van der Waals surface area contributed by atoms with Crippen molar-refractivity contribution in [3.8, 4) is 0 Å². The molecule has 1 aromatic rings. The largest absolute Gasteiger partial charge is 0.273 e. The first-order chi connectivity index (χ1) is 8.08. The van der Waals surface area contributed by atoms with Crippen LogP contribution in [0.4, 0.5) is 0 Å². The Balaban J connectivity index is 2.11. The third kappa shape index (κ3) is 3.20. The summed E-state index contributed by atoms with van der Waals surface area (Å²) in [6.45, 7) is 1.78. The normalized spacial score (nSPS) is 15.8. The van der Waals surface area contributed by atoms with Crippen molar-refractivity contribution in [2.45, 2.75) is 19.8 Å². The molecule has 1 aliphatic carbocycles. The van der Waals surface area contributed by atoms with E-state index in [0.717, 1.165) is 18.4 Å². The molecule has 3 nitrogen and oxygen atoms in total. The van der Waals surface area contributed by atoms with Crippen molar-refractivity contribution in [1.29, 1.82) is 0 Å². The molecule has 1 saturated carbocycles. The van der Waals surface area contributed by atoms with Crippen molar-refractivity contribution < 1.29 is 4.79 Å². The summed E-state index contributed by atoms with van der Waals surface area (Å²) in [6.07, 6.45) is 1.91. The average Bonchev–Trinajstić information content (AvgIpc) is 3.12. The van der Waals surface area contributed by atoms with Crippen molar-refractivity contribution in [3.63, 3.8) is 0 Å². The van der Waals surface area contributed by atoms with E-state index in [1.165, 1.54) is 0 Å². The van der Waals surface area contributed by atoms with Gasteiger partial charge in [0.05, 0.1) is 5.71 Å². The van der Waals surface area contributed by atoms with E-state index >= 15 is 0 Å². The first kappa shape index (κ1) is 12.4. The molecule has 1 aliphatic rings. The lowest BCUT2D eigenvalue weighted by Crippen LogP contribution is -2.20. The lowest BCUT2D eigenvalue weighted by molar-refractivity contribution is -0.122. The molecule has 0 aromatic heterocycles. The van der Waals surface area contributed by atoms with Gasteiger partial charge in [0.15, 0.2) is 0 Å². The zero-order valence-corrected chi connectivity index (χ0v) is 10.8. The van der Waals surface area contributed by atoms with Crippen LogP contribution in [0.2, 0.25) is 10.0 Å². The van der Waals surface area contributed by atoms with Crippen LogP contribution in [0.5, 0.6) is 0 Å². The molecule has 0 radical (unpaired) electrons. The number of nitrogens with one attached hydrogen (secondary N) is 1. The van der Waals surface area contributed by atoms with Crippen molar-refractivity contribution in [2.24, 2.45) is 11.0 Å². The van der Waals surface area contributed by atoms with Gasteiger partial charge < -0.3 is 0 Å². The molecule has 0 atom stereocenters. The summed E-state index contributed by atoms with van der Waals surface area (Å²) < 4.78 is 0. The minimum absolute atomic E-state index is 0.0255. The number of hydrogen-bond acceptors (Lipinski definition) is 2. The fraction of sp³-hybridized carbons (Fsp3) is 0.333. The second kappa shape index (κ2) is 5.07. The summed E-state index contributed by atoms with van der Waals surface area (Å²) in [5, 5.41) is 5.19. The zero-order valence-electron chi connectivity index (χ0n) is 9.34. The van der Waals surface area contributed by atoms with E-state index in [1.807, 2.05) is 0 Å². The molecule has 0 aliphatic heterocycles. The molecule has 0 bridgehead atoms. The van der Waals surface area contributed by atoms with E-state index in [4.69, 9.17) is 23.2 Å². The predicted molar refractivity (Wildman–Crippen MR) is 69.5 cm³/mol. The molecule has 90 valence electrons. The molecule has 1 aromatic carbocycles. The monoisotopic (exact) mass is 270 g/mol. The van der Waals surface area contributed by atoms with Gasteiger partial charge in [-0.25, -0.2) is 5.43 Å². The first-order valence-electron chi connectivity index (χ1n) is 5.37. The molecule has 0 unspecified atom stereocenters. The summed E-state index contributed by atoms with van der Waals surface area (Å²) in [7, 11) is 0. The van der Waals surface area contributed by atoms with Gasteiger partial charge in [-0.05, 0) is 38.0 Å². The fourth-order valence-electron chi connectivity index (χ4n) is 1.41. The first-order valence-corrected chi connectivity index (χ1v) is 6.13. The molecule has 1 amide bonds. The maximum Gasteiger partial charge on any atom is 0.243 e. The van der Waals surface area contributed by atoms with Gasteiger partial charge >= 0.3 is 0 Å². The highest BCUT2D eigenvalue weighted by atomic mass is 35.5. The molecule has 1 fully saturated rings. The number of carbonyl (C=O) groups is 1. The average molecular weight is 271 g/mol. The van der Waals surface area contributed by atoms with Gasteiger partial charge in [0, 0.05) is 21.5 Å². The molecule has 0 saturated heterocycles. The van der Waals surface area contributed by atoms with Gasteiger partial charge in [-0.2, -0.15) is 5.10 Å². The molecule has 17 heavy (non-hydrogen) atoms. The zero-order chi connectivity index (χ0) is 12.4. The number of nitrogens with zero attached hydrogens (tertiary/aromatic N) is 1. The highest BCUT2D eigenvalue weighted by Crippen LogP contribution is 2.28. The number of benzene rings is 1. The Morgan fingerprint density at radius 3 is 2.76 bits per heavy atom. The van der Waals surface area contributed by atoms with E-state index in [-0.39, 0.29) is 11.8 Å². The number of amides is 1. The van der Waals surface area contributed by atoms with Crippen LogP contribution in [0.1, 0.15) is 25.3 Å². The summed E-state index contributed by atoms with van der Waals surface area (Å²) in [4.78, 5) is 11.4. The second-order valence-corrected chi connectivity index (χ2v) is 4.92. The van der Waals surface area contributed by atoms with Gasteiger partial charge in [0.1, 0.15) is 0 Å². The Kier molecular flexibility index (Phi) is 3.69. The van der Waals surface area contributed by atoms with Gasteiger partial charge in [0.2, 0.25) is 5.91 Å². The molecule has 1 N–H and O–H groups in total. The lowest BCUT2D eigenvalue weighted by Gasteiger charge is -2.05. The quantitative estimate of drug-likeness (QED) is 0.665. The van der Waals surface area contributed by atoms with E-state index in [2.05, 4.69) is 10.5 Å². The minimum atomic E-state index is -0.0255. The fourth-order valence-corrected chi connectivity index (χ4v) is 1.84. The Morgan fingerprint density at radius 2 is 2.12 bits per heavy atom. The number of hydrazone groups is 1. The van der Waals surface area contributed by atoms with Gasteiger partial charge in [-0.1, -0.05) is 23.2 Å². The van der Waals surface area contributed by atoms with Gasteiger partial charge in [-0.15, -0.1) is 0 Å². The van der Waals surface area contributed by atoms with Gasteiger partial charge in [0.25, 0.3) is 0 Å². The van der Waals surface area contributed by atoms with Crippen molar-refractivity contribution in [1.82, 2.24) is 5.43 Å². The van der Waals surface area contributed by atoms with E-state index < -0.39 is 0 Å².